The molecule has 9 heteroatoms. The molecule has 0 radical (unpaired) electrons. The molecule has 0 bridgehead atoms. The summed E-state index contributed by atoms with van der Waals surface area (Å²) in [6, 6.07) is 15.5. The Morgan fingerprint density at radius 2 is 1.77 bits per heavy atom. The lowest BCUT2D eigenvalue weighted by Crippen LogP contribution is -2.31. The van der Waals surface area contributed by atoms with Crippen molar-refractivity contribution >= 4 is 33.0 Å². The van der Waals surface area contributed by atoms with Crippen LogP contribution in [-0.2, 0) is 23.0 Å². The summed E-state index contributed by atoms with van der Waals surface area (Å²) in [5, 5.41) is 8.63. The van der Waals surface area contributed by atoms with E-state index in [4.69, 9.17) is 11.6 Å². The molecule has 30 heavy (non-hydrogen) atoms. The standard InChI is InChI=1S/C21H18ClFN4O2S/c1-2-20-24-25-21-19(8-5-13-26(20)21)30(28,29)27(17-11-9-16(22)10-12-17)14-15-6-3-4-7-18(15)23/h3-13H,2,14H2,1H3. The lowest BCUT2D eigenvalue weighted by atomic mass is 10.2. The zero-order chi connectivity index (χ0) is 21.3. The maximum absolute atomic E-state index is 14.4. The van der Waals surface area contributed by atoms with Crippen molar-refractivity contribution in [3.8, 4) is 0 Å². The van der Waals surface area contributed by atoms with Crippen LogP contribution in [0.3, 0.4) is 0 Å². The average Bonchev–Trinajstić information content (AvgIpc) is 3.17. The second-order valence-corrected chi connectivity index (χ2v) is 8.88. The number of hydrogen-bond donors (Lipinski definition) is 0. The monoisotopic (exact) mass is 444 g/mol. The highest BCUT2D eigenvalue weighted by Gasteiger charge is 2.29. The van der Waals surface area contributed by atoms with Gasteiger partial charge in [0.1, 0.15) is 16.5 Å². The Bertz CT molecular complexity index is 1310. The maximum Gasteiger partial charge on any atom is 0.268 e. The van der Waals surface area contributed by atoms with Crippen molar-refractivity contribution in [1.29, 1.82) is 0 Å². The van der Waals surface area contributed by atoms with Crippen LogP contribution in [-0.4, -0.2) is 23.0 Å². The molecule has 0 unspecified atom stereocenters. The van der Waals surface area contributed by atoms with Crippen LogP contribution in [0.4, 0.5) is 10.1 Å². The van der Waals surface area contributed by atoms with E-state index >= 15 is 0 Å². The van der Waals surface area contributed by atoms with Crippen LogP contribution < -0.4 is 4.31 Å². The molecule has 0 spiro atoms. The minimum Gasteiger partial charge on any atom is -0.285 e. The molecule has 0 aliphatic carbocycles. The summed E-state index contributed by atoms with van der Waals surface area (Å²) in [6.45, 7) is 1.72. The zero-order valence-corrected chi connectivity index (χ0v) is 17.6. The number of aryl methyl sites for hydroxylation is 1. The molecule has 154 valence electrons. The molecule has 0 saturated heterocycles. The Labute approximate surface area is 178 Å². The van der Waals surface area contributed by atoms with E-state index in [-0.39, 0.29) is 22.7 Å². The highest BCUT2D eigenvalue weighted by molar-refractivity contribution is 7.93. The summed E-state index contributed by atoms with van der Waals surface area (Å²) in [4.78, 5) is -0.0107. The Hall–Kier alpha value is -2.97. The van der Waals surface area contributed by atoms with Crippen molar-refractivity contribution in [2.75, 3.05) is 4.31 Å². The van der Waals surface area contributed by atoms with Crippen LogP contribution in [0.15, 0.2) is 71.8 Å². The predicted octanol–water partition coefficient (Wildman–Crippen LogP) is 4.48. The van der Waals surface area contributed by atoms with Crippen molar-refractivity contribution < 1.29 is 12.8 Å². The van der Waals surface area contributed by atoms with Gasteiger partial charge in [-0.3, -0.25) is 8.71 Å². The number of nitrogens with zero attached hydrogens (tertiary/aromatic N) is 4. The summed E-state index contributed by atoms with van der Waals surface area (Å²) in [5.74, 6) is 0.162. The maximum atomic E-state index is 14.4. The fourth-order valence-electron chi connectivity index (χ4n) is 3.20. The Balaban J connectivity index is 1.89. The number of fused-ring (bicyclic) bond motifs is 1. The molecule has 0 aliphatic rings. The van der Waals surface area contributed by atoms with Crippen LogP contribution >= 0.6 is 11.6 Å². The largest absolute Gasteiger partial charge is 0.285 e. The minimum absolute atomic E-state index is 0.0107. The highest BCUT2D eigenvalue weighted by atomic mass is 35.5. The molecule has 2 heterocycles. The van der Waals surface area contributed by atoms with Crippen molar-refractivity contribution in [3.05, 3.63) is 89.1 Å². The first-order valence-electron chi connectivity index (χ1n) is 9.26. The van der Waals surface area contributed by atoms with E-state index in [1.54, 1.807) is 59.1 Å². The van der Waals surface area contributed by atoms with Gasteiger partial charge in [-0.2, -0.15) is 0 Å². The molecule has 0 aliphatic heterocycles. The average molecular weight is 445 g/mol. The van der Waals surface area contributed by atoms with Crippen LogP contribution in [0, 0.1) is 5.82 Å². The Kier molecular flexibility index (Phi) is 5.44. The molecular weight excluding hydrogens is 427 g/mol. The molecule has 0 fully saturated rings. The summed E-state index contributed by atoms with van der Waals surface area (Å²) >= 11 is 5.98. The third-order valence-electron chi connectivity index (χ3n) is 4.74. The van der Waals surface area contributed by atoms with Crippen LogP contribution in [0.25, 0.3) is 5.65 Å². The third-order valence-corrected chi connectivity index (χ3v) is 6.79. The molecule has 0 atom stereocenters. The molecule has 2 aromatic carbocycles. The number of anilines is 1. The van der Waals surface area contributed by atoms with Crippen molar-refractivity contribution in [2.24, 2.45) is 0 Å². The number of hydrogen-bond acceptors (Lipinski definition) is 4. The summed E-state index contributed by atoms with van der Waals surface area (Å²) in [6.07, 6.45) is 2.32. The van der Waals surface area contributed by atoms with Crippen molar-refractivity contribution in [2.45, 2.75) is 24.8 Å². The molecule has 0 amide bonds. The van der Waals surface area contributed by atoms with E-state index in [9.17, 15) is 12.8 Å². The highest BCUT2D eigenvalue weighted by Crippen LogP contribution is 2.29. The second kappa shape index (κ2) is 8.04. The van der Waals surface area contributed by atoms with Gasteiger partial charge in [0, 0.05) is 23.2 Å². The molecule has 0 N–H and O–H groups in total. The zero-order valence-electron chi connectivity index (χ0n) is 16.0. The van der Waals surface area contributed by atoms with Crippen LogP contribution in [0.1, 0.15) is 18.3 Å². The first kappa shape index (κ1) is 20.3. The van der Waals surface area contributed by atoms with Crippen molar-refractivity contribution in [1.82, 2.24) is 14.6 Å². The number of benzene rings is 2. The first-order chi connectivity index (χ1) is 14.4. The SMILES string of the molecule is CCc1nnc2c(S(=O)(=O)N(Cc3ccccc3F)c3ccc(Cl)cc3)cccn12. The summed E-state index contributed by atoms with van der Waals surface area (Å²) in [5.41, 5.74) is 0.834. The van der Waals surface area contributed by atoms with Gasteiger partial charge in [-0.25, -0.2) is 12.8 Å². The lowest BCUT2D eigenvalue weighted by Gasteiger charge is -2.25. The molecular formula is C21H18ClFN4O2S. The number of rotatable bonds is 6. The normalized spacial score (nSPS) is 11.7. The van der Waals surface area contributed by atoms with E-state index in [0.717, 1.165) is 4.31 Å². The van der Waals surface area contributed by atoms with Gasteiger partial charge in [0.15, 0.2) is 5.65 Å². The lowest BCUT2D eigenvalue weighted by molar-refractivity contribution is 0.585. The van der Waals surface area contributed by atoms with E-state index in [2.05, 4.69) is 10.2 Å². The number of sulfonamides is 1. The van der Waals surface area contributed by atoms with E-state index < -0.39 is 15.8 Å². The van der Waals surface area contributed by atoms with Gasteiger partial charge in [0.05, 0.1) is 12.2 Å². The smallest absolute Gasteiger partial charge is 0.268 e. The fourth-order valence-corrected chi connectivity index (χ4v) is 4.90. The number of halogens is 2. The fraction of sp³-hybridized carbons (Fsp3) is 0.143. The topological polar surface area (TPSA) is 67.6 Å². The van der Waals surface area contributed by atoms with Crippen LogP contribution in [0.2, 0.25) is 5.02 Å². The molecule has 2 aromatic heterocycles. The second-order valence-electron chi connectivity index (χ2n) is 6.62. The van der Waals surface area contributed by atoms with Gasteiger partial charge < -0.3 is 0 Å². The summed E-state index contributed by atoms with van der Waals surface area (Å²) < 4.78 is 44.6. The minimum atomic E-state index is -4.10. The van der Waals surface area contributed by atoms with Gasteiger partial charge in [0.25, 0.3) is 10.0 Å². The summed E-state index contributed by atoms with van der Waals surface area (Å²) in [7, 11) is -4.10. The number of aromatic nitrogens is 3. The Morgan fingerprint density at radius 3 is 2.47 bits per heavy atom. The molecule has 0 saturated carbocycles. The number of pyridine rings is 1. The van der Waals surface area contributed by atoms with Crippen LogP contribution in [0.5, 0.6) is 0 Å². The van der Waals surface area contributed by atoms with Gasteiger partial charge >= 0.3 is 0 Å². The van der Waals surface area contributed by atoms with Gasteiger partial charge in [-0.1, -0.05) is 36.7 Å². The van der Waals surface area contributed by atoms with E-state index in [1.807, 2.05) is 6.92 Å². The molecule has 6 nitrogen and oxygen atoms in total. The Morgan fingerprint density at radius 1 is 1.03 bits per heavy atom. The van der Waals surface area contributed by atoms with E-state index in [0.29, 0.717) is 23.0 Å². The van der Waals surface area contributed by atoms with Crippen molar-refractivity contribution in [3.63, 3.8) is 0 Å². The van der Waals surface area contributed by atoms with Gasteiger partial charge in [-0.15, -0.1) is 10.2 Å². The van der Waals surface area contributed by atoms with Gasteiger partial charge in [0.2, 0.25) is 0 Å². The molecule has 4 aromatic rings. The van der Waals surface area contributed by atoms with Gasteiger partial charge in [-0.05, 0) is 42.5 Å². The predicted molar refractivity (Wildman–Crippen MR) is 114 cm³/mol. The first-order valence-corrected chi connectivity index (χ1v) is 11.1. The quantitative estimate of drug-likeness (QED) is 0.439. The molecule has 4 rings (SSSR count). The third kappa shape index (κ3) is 3.64. The van der Waals surface area contributed by atoms with E-state index in [1.165, 1.54) is 12.1 Å².